The molecule has 0 saturated heterocycles. The summed E-state index contributed by atoms with van der Waals surface area (Å²) >= 11 is 0. The Labute approximate surface area is 248 Å². The average molecular weight is 575 g/mol. The van der Waals surface area contributed by atoms with Crippen LogP contribution in [0.15, 0.2) is 104 Å². The Morgan fingerprint density at radius 3 is 2.58 bits per heavy atom. The van der Waals surface area contributed by atoms with E-state index in [1.54, 1.807) is 43.0 Å². The van der Waals surface area contributed by atoms with E-state index in [4.69, 9.17) is 4.74 Å². The number of carbonyl (C=O) groups is 1. The molecule has 1 unspecified atom stereocenters. The summed E-state index contributed by atoms with van der Waals surface area (Å²) in [6.45, 7) is 2.10. The molecule has 0 radical (unpaired) electrons. The van der Waals surface area contributed by atoms with Crippen LogP contribution in [0.2, 0.25) is 0 Å². The minimum atomic E-state index is -0.357. The number of nitro groups is 1. The molecule has 0 bridgehead atoms. The molecule has 10 heteroatoms. The van der Waals surface area contributed by atoms with E-state index >= 15 is 0 Å². The van der Waals surface area contributed by atoms with Crippen LogP contribution in [0.25, 0.3) is 11.1 Å². The van der Waals surface area contributed by atoms with E-state index < -0.39 is 0 Å². The van der Waals surface area contributed by atoms with E-state index in [9.17, 15) is 14.9 Å². The Bertz CT molecular complexity index is 1740. The zero-order chi connectivity index (χ0) is 29.6. The van der Waals surface area contributed by atoms with Gasteiger partial charge in [0.25, 0.3) is 11.6 Å². The van der Waals surface area contributed by atoms with Crippen molar-refractivity contribution in [3.05, 3.63) is 142 Å². The summed E-state index contributed by atoms with van der Waals surface area (Å²) in [5.74, 6) is 0.436. The van der Waals surface area contributed by atoms with E-state index in [1.165, 1.54) is 6.07 Å². The molecule has 10 nitrogen and oxygen atoms in total. The molecule has 0 spiro atoms. The van der Waals surface area contributed by atoms with Gasteiger partial charge in [0, 0.05) is 62.3 Å². The van der Waals surface area contributed by atoms with Gasteiger partial charge >= 0.3 is 0 Å². The van der Waals surface area contributed by atoms with Crippen molar-refractivity contribution in [3.8, 4) is 16.9 Å². The molecule has 0 fully saturated rings. The standard InChI is InChI=1S/C33H30N6O4/c40-33(37-18-23-12-15-34-16-13-23)29-6-3-5-28-30(14-17-43-32(28)29)36-20-26-19-35-22-38(26)21-24-8-10-25(11-9-24)27-4-1-2-7-31(27)39(41)42/h1-13,15-16,19,22,30,36H,14,17-18,20-21H2,(H,37,40). The van der Waals surface area contributed by atoms with Gasteiger partial charge in [-0.3, -0.25) is 19.9 Å². The smallest absolute Gasteiger partial charge is 0.277 e. The van der Waals surface area contributed by atoms with Crippen LogP contribution in [-0.4, -0.2) is 32.0 Å². The van der Waals surface area contributed by atoms with E-state index in [1.807, 2.05) is 54.7 Å². The first kappa shape index (κ1) is 27.8. The molecule has 5 aromatic rings. The first-order valence-corrected chi connectivity index (χ1v) is 14.0. The number of nitrogens with one attached hydrogen (secondary N) is 2. The summed E-state index contributed by atoms with van der Waals surface area (Å²) in [4.78, 5) is 32.5. The number of hydrogen-bond donors (Lipinski definition) is 2. The Morgan fingerprint density at radius 1 is 0.953 bits per heavy atom. The second-order valence-corrected chi connectivity index (χ2v) is 10.3. The molecule has 3 aromatic carbocycles. The summed E-state index contributed by atoms with van der Waals surface area (Å²) in [6, 6.07) is 24.0. The fourth-order valence-corrected chi connectivity index (χ4v) is 5.32. The van der Waals surface area contributed by atoms with Crippen molar-refractivity contribution in [3.63, 3.8) is 0 Å². The van der Waals surface area contributed by atoms with Crippen molar-refractivity contribution in [2.75, 3.05) is 6.61 Å². The van der Waals surface area contributed by atoms with Crippen molar-refractivity contribution >= 4 is 11.6 Å². The van der Waals surface area contributed by atoms with Crippen LogP contribution in [0, 0.1) is 10.1 Å². The van der Waals surface area contributed by atoms with Gasteiger partial charge in [0.05, 0.1) is 34.7 Å². The van der Waals surface area contributed by atoms with E-state index in [0.29, 0.717) is 43.1 Å². The lowest BCUT2D eigenvalue weighted by molar-refractivity contribution is -0.384. The highest BCUT2D eigenvalue weighted by Gasteiger charge is 2.26. The van der Waals surface area contributed by atoms with Crippen molar-refractivity contribution in [2.45, 2.75) is 32.1 Å². The van der Waals surface area contributed by atoms with Crippen molar-refractivity contribution < 1.29 is 14.5 Å². The predicted octanol–water partition coefficient (Wildman–Crippen LogP) is 5.45. The maximum absolute atomic E-state index is 13.0. The summed E-state index contributed by atoms with van der Waals surface area (Å²) in [5.41, 5.74) is 6.01. The number of hydrogen-bond acceptors (Lipinski definition) is 7. The van der Waals surface area contributed by atoms with Gasteiger partial charge < -0.3 is 19.9 Å². The lowest BCUT2D eigenvalue weighted by Gasteiger charge is -2.28. The lowest BCUT2D eigenvalue weighted by atomic mass is 9.97. The number of rotatable bonds is 10. The normalized spacial score (nSPS) is 14.0. The number of aromatic nitrogens is 3. The maximum Gasteiger partial charge on any atom is 0.277 e. The van der Waals surface area contributed by atoms with E-state index in [-0.39, 0.29) is 22.6 Å². The van der Waals surface area contributed by atoms with Gasteiger partial charge in [-0.05, 0) is 41.0 Å². The average Bonchev–Trinajstić information content (AvgIpc) is 3.49. The number of nitrogens with zero attached hydrogens (tertiary/aromatic N) is 4. The summed E-state index contributed by atoms with van der Waals surface area (Å²) in [5, 5.41) is 18.1. The number of amides is 1. The Balaban J connectivity index is 1.11. The number of nitro benzene ring substituents is 1. The van der Waals surface area contributed by atoms with Crippen molar-refractivity contribution in [1.29, 1.82) is 0 Å². The first-order chi connectivity index (χ1) is 21.1. The van der Waals surface area contributed by atoms with Crippen LogP contribution in [0.4, 0.5) is 5.69 Å². The molecule has 216 valence electrons. The van der Waals surface area contributed by atoms with Crippen LogP contribution in [-0.2, 0) is 19.6 Å². The highest BCUT2D eigenvalue weighted by molar-refractivity contribution is 5.97. The van der Waals surface area contributed by atoms with Gasteiger partial charge in [0.2, 0.25) is 0 Å². The van der Waals surface area contributed by atoms with Gasteiger partial charge in [-0.25, -0.2) is 4.98 Å². The zero-order valence-electron chi connectivity index (χ0n) is 23.3. The molecule has 0 aliphatic carbocycles. The highest BCUT2D eigenvalue weighted by Crippen LogP contribution is 2.35. The second-order valence-electron chi connectivity index (χ2n) is 10.3. The molecule has 1 atom stereocenters. The van der Waals surface area contributed by atoms with Crippen LogP contribution in [0.1, 0.15) is 45.2 Å². The number of ether oxygens (including phenoxy) is 1. The molecular formula is C33H30N6O4. The molecule has 0 saturated carbocycles. The largest absolute Gasteiger partial charge is 0.492 e. The molecule has 43 heavy (non-hydrogen) atoms. The van der Waals surface area contributed by atoms with Gasteiger partial charge in [0.15, 0.2) is 0 Å². The molecule has 2 N–H and O–H groups in total. The van der Waals surface area contributed by atoms with Crippen LogP contribution in [0.5, 0.6) is 5.75 Å². The van der Waals surface area contributed by atoms with E-state index in [2.05, 4.69) is 25.2 Å². The second kappa shape index (κ2) is 12.7. The fraction of sp³-hybridized carbons (Fsp3) is 0.182. The van der Waals surface area contributed by atoms with Gasteiger partial charge in [-0.15, -0.1) is 0 Å². The van der Waals surface area contributed by atoms with Crippen LogP contribution >= 0.6 is 0 Å². The number of benzene rings is 3. The molecule has 1 amide bonds. The number of fused-ring (bicyclic) bond motifs is 1. The van der Waals surface area contributed by atoms with Gasteiger partial charge in [-0.1, -0.05) is 48.5 Å². The SMILES string of the molecule is O=C(NCc1ccncc1)c1cccc2c1OCCC2NCc1cncn1Cc1ccc(-c2ccccc2[N+](=O)[O-])cc1. The predicted molar refractivity (Wildman–Crippen MR) is 161 cm³/mol. The fourth-order valence-electron chi connectivity index (χ4n) is 5.32. The topological polar surface area (TPSA) is 124 Å². The summed E-state index contributed by atoms with van der Waals surface area (Å²) in [6.07, 6.45) is 7.83. The Hall–Kier alpha value is -5.35. The summed E-state index contributed by atoms with van der Waals surface area (Å²) in [7, 11) is 0. The number of para-hydroxylation sites is 2. The Morgan fingerprint density at radius 2 is 1.77 bits per heavy atom. The number of imidazole rings is 1. The van der Waals surface area contributed by atoms with Crippen molar-refractivity contribution in [2.24, 2.45) is 0 Å². The lowest BCUT2D eigenvalue weighted by Crippen LogP contribution is -2.30. The number of carbonyl (C=O) groups excluding carboxylic acids is 1. The third-order valence-corrected chi connectivity index (χ3v) is 7.57. The molecule has 2 aromatic heterocycles. The summed E-state index contributed by atoms with van der Waals surface area (Å²) < 4.78 is 8.07. The third-order valence-electron chi connectivity index (χ3n) is 7.57. The Kier molecular flexibility index (Phi) is 8.19. The van der Waals surface area contributed by atoms with Gasteiger partial charge in [0.1, 0.15) is 5.75 Å². The van der Waals surface area contributed by atoms with Crippen LogP contribution < -0.4 is 15.4 Å². The van der Waals surface area contributed by atoms with Gasteiger partial charge in [-0.2, -0.15) is 0 Å². The molecule has 6 rings (SSSR count). The molecule has 3 heterocycles. The van der Waals surface area contributed by atoms with E-state index in [0.717, 1.165) is 34.4 Å². The third kappa shape index (κ3) is 6.29. The maximum atomic E-state index is 13.0. The zero-order valence-corrected chi connectivity index (χ0v) is 23.3. The molecular weight excluding hydrogens is 544 g/mol. The monoisotopic (exact) mass is 574 g/mol. The molecule has 1 aliphatic rings. The van der Waals surface area contributed by atoms with Crippen LogP contribution in [0.3, 0.4) is 0 Å². The first-order valence-electron chi connectivity index (χ1n) is 14.0. The minimum Gasteiger partial charge on any atom is -0.492 e. The highest BCUT2D eigenvalue weighted by atomic mass is 16.6. The number of pyridine rings is 1. The molecule has 1 aliphatic heterocycles. The minimum absolute atomic E-state index is 0.0148. The van der Waals surface area contributed by atoms with Crippen molar-refractivity contribution in [1.82, 2.24) is 25.2 Å². The quantitative estimate of drug-likeness (QED) is 0.168.